The van der Waals surface area contributed by atoms with Crippen LogP contribution in [0.4, 0.5) is 5.69 Å². The van der Waals surface area contributed by atoms with Gasteiger partial charge in [0.2, 0.25) is 0 Å². The van der Waals surface area contributed by atoms with Crippen molar-refractivity contribution in [1.82, 2.24) is 0 Å². The Morgan fingerprint density at radius 3 is 2.29 bits per heavy atom. The smallest absolute Gasteiger partial charge is 0.308 e. The molecule has 0 aliphatic carbocycles. The summed E-state index contributed by atoms with van der Waals surface area (Å²) in [6, 6.07) is 26.1. The quantitative estimate of drug-likeness (QED) is 0.0883. The lowest BCUT2D eigenvalue weighted by atomic mass is 9.94. The van der Waals surface area contributed by atoms with Gasteiger partial charge in [0, 0.05) is 18.2 Å². The minimum atomic E-state index is -0.961. The summed E-state index contributed by atoms with van der Waals surface area (Å²) in [7, 11) is 0. The van der Waals surface area contributed by atoms with Gasteiger partial charge in [-0.2, -0.15) is 0 Å². The van der Waals surface area contributed by atoms with E-state index in [0.717, 1.165) is 22.3 Å². The van der Waals surface area contributed by atoms with E-state index in [2.05, 4.69) is 0 Å². The molecule has 1 unspecified atom stereocenters. The number of rotatable bonds is 7. The normalized spacial score (nSPS) is 16.0. The molecule has 1 saturated heterocycles. The van der Waals surface area contributed by atoms with Gasteiger partial charge < -0.3 is 14.6 Å². The zero-order valence-electron chi connectivity index (χ0n) is 23.9. The van der Waals surface area contributed by atoms with Gasteiger partial charge in [0.1, 0.15) is 23.9 Å². The maximum Gasteiger partial charge on any atom is 0.308 e. The third-order valence-electron chi connectivity index (χ3n) is 7.33. The van der Waals surface area contributed by atoms with Gasteiger partial charge in [-0.3, -0.25) is 19.3 Å². The van der Waals surface area contributed by atoms with E-state index in [1.165, 1.54) is 11.8 Å². The fraction of sp³-hybridized carbons (Fsp3) is 0.171. The molecule has 0 radical (unpaired) electrons. The van der Waals surface area contributed by atoms with Crippen LogP contribution in [0.5, 0.6) is 11.5 Å². The SMILES string of the molecule is CC(=O)Oc1cccc(C2/C(=C(\O)c3ccc(OCc4ccccc4)c(C)c3)C(=O)C(=O)N2c2ccc(C)c(C)c2)c1. The molecule has 212 valence electrons. The minimum Gasteiger partial charge on any atom is -0.507 e. The summed E-state index contributed by atoms with van der Waals surface area (Å²) in [6.45, 7) is 7.42. The number of amides is 1. The first-order chi connectivity index (χ1) is 20.1. The number of ketones is 1. The molecule has 0 bridgehead atoms. The van der Waals surface area contributed by atoms with E-state index in [9.17, 15) is 19.5 Å². The lowest BCUT2D eigenvalue weighted by Gasteiger charge is -2.26. The molecule has 1 heterocycles. The van der Waals surface area contributed by atoms with Crippen LogP contribution in [0.3, 0.4) is 0 Å². The van der Waals surface area contributed by atoms with E-state index in [1.807, 2.05) is 63.2 Å². The molecule has 1 amide bonds. The lowest BCUT2D eigenvalue weighted by molar-refractivity contribution is -0.132. The number of anilines is 1. The lowest BCUT2D eigenvalue weighted by Crippen LogP contribution is -2.29. The topological polar surface area (TPSA) is 93.1 Å². The number of Topliss-reactive ketones (excluding diaryl/α,β-unsaturated/α-hetero) is 1. The van der Waals surface area contributed by atoms with Gasteiger partial charge in [0.05, 0.1) is 11.6 Å². The second-order valence-electron chi connectivity index (χ2n) is 10.4. The van der Waals surface area contributed by atoms with Crippen LogP contribution in [0, 0.1) is 20.8 Å². The summed E-state index contributed by atoms with van der Waals surface area (Å²) < 4.78 is 11.3. The number of aliphatic hydroxyl groups excluding tert-OH is 1. The molecule has 1 aliphatic rings. The number of hydrogen-bond acceptors (Lipinski definition) is 6. The van der Waals surface area contributed by atoms with Crippen LogP contribution in [-0.4, -0.2) is 22.8 Å². The van der Waals surface area contributed by atoms with Crippen LogP contribution in [0.1, 0.15) is 46.3 Å². The van der Waals surface area contributed by atoms with Crippen molar-refractivity contribution in [3.8, 4) is 11.5 Å². The van der Waals surface area contributed by atoms with Gasteiger partial charge in [-0.15, -0.1) is 0 Å². The summed E-state index contributed by atoms with van der Waals surface area (Å²) in [5.74, 6) is -1.48. The molecule has 4 aromatic carbocycles. The number of carbonyl (C=O) groups excluding carboxylic acids is 3. The third kappa shape index (κ3) is 5.67. The molecular weight excluding hydrogens is 530 g/mol. The van der Waals surface area contributed by atoms with Crippen molar-refractivity contribution >= 4 is 29.1 Å². The zero-order valence-corrected chi connectivity index (χ0v) is 23.9. The average molecular weight is 562 g/mol. The first kappa shape index (κ1) is 28.4. The van der Waals surface area contributed by atoms with E-state index < -0.39 is 23.7 Å². The van der Waals surface area contributed by atoms with Crippen LogP contribution < -0.4 is 14.4 Å². The number of carbonyl (C=O) groups is 3. The Morgan fingerprint density at radius 2 is 1.60 bits per heavy atom. The van der Waals surface area contributed by atoms with E-state index in [0.29, 0.717) is 29.2 Å². The predicted molar refractivity (Wildman–Crippen MR) is 160 cm³/mol. The molecule has 42 heavy (non-hydrogen) atoms. The van der Waals surface area contributed by atoms with Gasteiger partial charge in [0.15, 0.2) is 0 Å². The van der Waals surface area contributed by atoms with Crippen molar-refractivity contribution < 1.29 is 29.0 Å². The molecule has 5 rings (SSSR count). The van der Waals surface area contributed by atoms with Crippen molar-refractivity contribution in [2.24, 2.45) is 0 Å². The van der Waals surface area contributed by atoms with Gasteiger partial charge in [-0.1, -0.05) is 48.5 Å². The molecule has 0 aromatic heterocycles. The Bertz CT molecular complexity index is 1720. The molecule has 7 heteroatoms. The molecule has 0 saturated carbocycles. The van der Waals surface area contributed by atoms with Crippen molar-refractivity contribution in [2.75, 3.05) is 4.90 Å². The highest BCUT2D eigenvalue weighted by atomic mass is 16.5. The number of nitrogens with zero attached hydrogens (tertiary/aromatic N) is 1. The monoisotopic (exact) mass is 561 g/mol. The van der Waals surface area contributed by atoms with Crippen LogP contribution >= 0.6 is 0 Å². The molecule has 4 aromatic rings. The maximum absolute atomic E-state index is 13.6. The van der Waals surface area contributed by atoms with Crippen molar-refractivity contribution in [3.05, 3.63) is 130 Å². The molecule has 1 atom stereocenters. The highest BCUT2D eigenvalue weighted by Gasteiger charge is 2.47. The molecule has 1 N–H and O–H groups in total. The van der Waals surface area contributed by atoms with E-state index in [4.69, 9.17) is 9.47 Å². The third-order valence-corrected chi connectivity index (χ3v) is 7.33. The molecular formula is C35H31NO6. The standard InChI is InChI=1S/C35H31NO6/c1-21-13-15-28(18-22(21)2)36-32(26-11-8-12-29(19-26)42-24(4)37)31(34(39)35(36)40)33(38)27-14-16-30(23(3)17-27)41-20-25-9-6-5-7-10-25/h5-19,32,38H,20H2,1-4H3/b33-31+. The summed E-state index contributed by atoms with van der Waals surface area (Å²) in [5, 5.41) is 11.6. The van der Waals surface area contributed by atoms with E-state index >= 15 is 0 Å². The summed E-state index contributed by atoms with van der Waals surface area (Å²) >= 11 is 0. The predicted octanol–water partition coefficient (Wildman–Crippen LogP) is 6.74. The number of ether oxygens (including phenoxy) is 2. The second-order valence-corrected chi connectivity index (χ2v) is 10.4. The summed E-state index contributed by atoms with van der Waals surface area (Å²) in [5.41, 5.74) is 5.10. The van der Waals surface area contributed by atoms with Crippen LogP contribution in [-0.2, 0) is 21.0 Å². The van der Waals surface area contributed by atoms with Crippen molar-refractivity contribution in [2.45, 2.75) is 40.3 Å². The van der Waals surface area contributed by atoms with Gasteiger partial charge in [0.25, 0.3) is 11.7 Å². The van der Waals surface area contributed by atoms with Crippen LogP contribution in [0.15, 0.2) is 96.6 Å². The molecule has 7 nitrogen and oxygen atoms in total. The molecule has 1 fully saturated rings. The highest BCUT2D eigenvalue weighted by Crippen LogP contribution is 2.43. The zero-order chi connectivity index (χ0) is 30.0. The first-order valence-corrected chi connectivity index (χ1v) is 13.6. The number of aryl methyl sites for hydroxylation is 3. The Labute approximate surface area is 244 Å². The minimum absolute atomic E-state index is 0.0597. The van der Waals surface area contributed by atoms with Gasteiger partial charge in [-0.25, -0.2) is 0 Å². The number of benzene rings is 4. The van der Waals surface area contributed by atoms with Crippen LogP contribution in [0.25, 0.3) is 5.76 Å². The summed E-state index contributed by atoms with van der Waals surface area (Å²) in [4.78, 5) is 40.2. The number of aliphatic hydroxyl groups is 1. The van der Waals surface area contributed by atoms with E-state index in [-0.39, 0.29) is 17.1 Å². The Kier molecular flexibility index (Phi) is 7.93. The van der Waals surface area contributed by atoms with Crippen LogP contribution in [0.2, 0.25) is 0 Å². The molecule has 1 aliphatic heterocycles. The van der Waals surface area contributed by atoms with Gasteiger partial charge in [-0.05, 0) is 91.1 Å². The Morgan fingerprint density at radius 1 is 0.833 bits per heavy atom. The number of esters is 1. The number of hydrogen-bond donors (Lipinski definition) is 1. The van der Waals surface area contributed by atoms with Gasteiger partial charge >= 0.3 is 5.97 Å². The average Bonchev–Trinajstić information content (AvgIpc) is 3.23. The second kappa shape index (κ2) is 11.7. The fourth-order valence-corrected chi connectivity index (χ4v) is 5.05. The first-order valence-electron chi connectivity index (χ1n) is 13.6. The maximum atomic E-state index is 13.6. The highest BCUT2D eigenvalue weighted by molar-refractivity contribution is 6.51. The fourth-order valence-electron chi connectivity index (χ4n) is 5.05. The van der Waals surface area contributed by atoms with E-state index in [1.54, 1.807) is 48.5 Å². The Hall–Kier alpha value is -5.17. The van der Waals surface area contributed by atoms with Crippen molar-refractivity contribution in [3.63, 3.8) is 0 Å². The molecule has 0 spiro atoms. The van der Waals surface area contributed by atoms with Crippen molar-refractivity contribution in [1.29, 1.82) is 0 Å². The Balaban J connectivity index is 1.59. The summed E-state index contributed by atoms with van der Waals surface area (Å²) in [6.07, 6.45) is 0. The largest absolute Gasteiger partial charge is 0.507 e.